The van der Waals surface area contributed by atoms with E-state index in [9.17, 15) is 9.90 Å². The molecule has 4 nitrogen and oxygen atoms in total. The lowest BCUT2D eigenvalue weighted by Gasteiger charge is -2.29. The first-order valence-electron chi connectivity index (χ1n) is 6.20. The number of nitrogens with zero attached hydrogens (tertiary/aromatic N) is 1. The highest BCUT2D eigenvalue weighted by Gasteiger charge is 2.25. The van der Waals surface area contributed by atoms with E-state index in [-0.39, 0.29) is 5.91 Å². The second-order valence-electron chi connectivity index (χ2n) is 4.70. The molecule has 18 heavy (non-hydrogen) atoms. The number of carbonyl (C=O) groups excluding carboxylic acids is 1. The summed E-state index contributed by atoms with van der Waals surface area (Å²) in [5, 5.41) is 10.5. The van der Waals surface area contributed by atoms with E-state index >= 15 is 0 Å². The zero-order chi connectivity index (χ0) is 12.5. The minimum Gasteiger partial charge on any atom is -0.451 e. The minimum atomic E-state index is -0.410. The highest BCUT2D eigenvalue weighted by atomic mass is 16.3. The van der Waals surface area contributed by atoms with Gasteiger partial charge in [-0.3, -0.25) is 4.79 Å². The summed E-state index contributed by atoms with van der Waals surface area (Å²) < 4.78 is 5.55. The van der Waals surface area contributed by atoms with Crippen LogP contribution in [0.3, 0.4) is 0 Å². The van der Waals surface area contributed by atoms with Gasteiger partial charge < -0.3 is 14.4 Å². The smallest absolute Gasteiger partial charge is 0.289 e. The molecule has 94 valence electrons. The van der Waals surface area contributed by atoms with E-state index < -0.39 is 6.10 Å². The van der Waals surface area contributed by atoms with Crippen molar-refractivity contribution >= 4 is 16.9 Å². The van der Waals surface area contributed by atoms with Crippen molar-refractivity contribution in [3.05, 3.63) is 36.1 Å². The van der Waals surface area contributed by atoms with Crippen molar-refractivity contribution < 1.29 is 14.3 Å². The van der Waals surface area contributed by atoms with Crippen molar-refractivity contribution in [3.63, 3.8) is 0 Å². The Morgan fingerprint density at radius 3 is 3.00 bits per heavy atom. The van der Waals surface area contributed by atoms with Crippen molar-refractivity contribution in [2.24, 2.45) is 0 Å². The Hall–Kier alpha value is -1.81. The number of rotatable bonds is 1. The van der Waals surface area contributed by atoms with Crippen molar-refractivity contribution in [2.75, 3.05) is 13.1 Å². The quantitative estimate of drug-likeness (QED) is 0.836. The summed E-state index contributed by atoms with van der Waals surface area (Å²) >= 11 is 0. The Balaban J connectivity index is 1.87. The second kappa shape index (κ2) is 4.46. The molecule has 1 fully saturated rings. The highest BCUT2D eigenvalue weighted by molar-refractivity contribution is 5.96. The molecule has 2 aromatic rings. The predicted molar refractivity (Wildman–Crippen MR) is 67.4 cm³/mol. The fourth-order valence-electron chi connectivity index (χ4n) is 2.38. The predicted octanol–water partition coefficient (Wildman–Crippen LogP) is 2.03. The van der Waals surface area contributed by atoms with Gasteiger partial charge in [-0.2, -0.15) is 0 Å². The van der Waals surface area contributed by atoms with Crippen LogP contribution < -0.4 is 0 Å². The van der Waals surface area contributed by atoms with Gasteiger partial charge in [0.25, 0.3) is 5.91 Å². The van der Waals surface area contributed by atoms with E-state index in [0.717, 1.165) is 23.8 Å². The lowest BCUT2D eigenvalue weighted by atomic mass is 10.1. The number of aliphatic hydroxyl groups is 1. The van der Waals surface area contributed by atoms with Crippen molar-refractivity contribution in [2.45, 2.75) is 18.9 Å². The van der Waals surface area contributed by atoms with Gasteiger partial charge in [0.1, 0.15) is 5.58 Å². The van der Waals surface area contributed by atoms with Crippen LogP contribution in [-0.2, 0) is 0 Å². The summed E-state index contributed by atoms with van der Waals surface area (Å²) in [5.41, 5.74) is 0.721. The maximum absolute atomic E-state index is 12.2. The number of likely N-dealkylation sites (tertiary alicyclic amines) is 1. The first-order valence-corrected chi connectivity index (χ1v) is 6.20. The first-order chi connectivity index (χ1) is 8.74. The van der Waals surface area contributed by atoms with Crippen LogP contribution in [0.5, 0.6) is 0 Å². The number of piperidine rings is 1. The van der Waals surface area contributed by atoms with Gasteiger partial charge in [0.15, 0.2) is 5.76 Å². The third-order valence-electron chi connectivity index (χ3n) is 3.32. The van der Waals surface area contributed by atoms with Crippen LogP contribution in [-0.4, -0.2) is 35.1 Å². The van der Waals surface area contributed by atoms with Crippen molar-refractivity contribution in [1.82, 2.24) is 4.90 Å². The molecule has 2 heterocycles. The first kappa shape index (κ1) is 11.3. The SMILES string of the molecule is O=C(c1cc2ccccc2o1)N1CCC[C@H](O)C1. The Bertz CT molecular complexity index is 542. The summed E-state index contributed by atoms with van der Waals surface area (Å²) in [4.78, 5) is 13.9. The molecule has 1 amide bonds. The third kappa shape index (κ3) is 1.99. The fourth-order valence-corrected chi connectivity index (χ4v) is 2.38. The van der Waals surface area contributed by atoms with Crippen LogP contribution in [0.1, 0.15) is 23.4 Å². The van der Waals surface area contributed by atoms with Crippen molar-refractivity contribution in [3.8, 4) is 0 Å². The summed E-state index contributed by atoms with van der Waals surface area (Å²) in [7, 11) is 0. The van der Waals surface area contributed by atoms with Crippen LogP contribution >= 0.6 is 0 Å². The maximum atomic E-state index is 12.2. The molecule has 1 aromatic carbocycles. The fraction of sp³-hybridized carbons (Fsp3) is 0.357. The molecule has 1 N–H and O–H groups in total. The Labute approximate surface area is 105 Å². The number of hydrogen-bond donors (Lipinski definition) is 1. The molecule has 0 radical (unpaired) electrons. The average molecular weight is 245 g/mol. The van der Waals surface area contributed by atoms with E-state index in [1.165, 1.54) is 0 Å². The number of aliphatic hydroxyl groups excluding tert-OH is 1. The lowest BCUT2D eigenvalue weighted by molar-refractivity contribution is 0.0450. The largest absolute Gasteiger partial charge is 0.451 e. The number of benzene rings is 1. The zero-order valence-electron chi connectivity index (χ0n) is 10.0. The minimum absolute atomic E-state index is 0.134. The van der Waals surface area contributed by atoms with E-state index in [1.807, 2.05) is 24.3 Å². The molecular formula is C14H15NO3. The van der Waals surface area contributed by atoms with Gasteiger partial charge in [-0.1, -0.05) is 18.2 Å². The third-order valence-corrected chi connectivity index (χ3v) is 3.32. The Kier molecular flexibility index (Phi) is 2.80. The molecule has 1 aliphatic heterocycles. The van der Waals surface area contributed by atoms with Gasteiger partial charge in [0.05, 0.1) is 6.10 Å². The van der Waals surface area contributed by atoms with E-state index in [0.29, 0.717) is 18.8 Å². The Morgan fingerprint density at radius 1 is 1.39 bits per heavy atom. The lowest BCUT2D eigenvalue weighted by Crippen LogP contribution is -2.42. The molecule has 4 heteroatoms. The molecule has 0 aliphatic carbocycles. The van der Waals surface area contributed by atoms with Crippen molar-refractivity contribution in [1.29, 1.82) is 0 Å². The van der Waals surface area contributed by atoms with Crippen LogP contribution in [0.25, 0.3) is 11.0 Å². The molecule has 0 spiro atoms. The molecule has 1 atom stereocenters. The molecule has 1 aromatic heterocycles. The van der Waals surface area contributed by atoms with Crippen LogP contribution in [0.2, 0.25) is 0 Å². The maximum Gasteiger partial charge on any atom is 0.289 e. The monoisotopic (exact) mass is 245 g/mol. The number of furan rings is 1. The Morgan fingerprint density at radius 2 is 2.22 bits per heavy atom. The highest BCUT2D eigenvalue weighted by Crippen LogP contribution is 2.21. The van der Waals surface area contributed by atoms with Gasteiger partial charge in [-0.05, 0) is 25.0 Å². The molecule has 0 saturated carbocycles. The molecule has 1 saturated heterocycles. The second-order valence-corrected chi connectivity index (χ2v) is 4.70. The average Bonchev–Trinajstić information content (AvgIpc) is 2.81. The number of amides is 1. The van der Waals surface area contributed by atoms with Gasteiger partial charge in [0.2, 0.25) is 0 Å². The van der Waals surface area contributed by atoms with Gasteiger partial charge >= 0.3 is 0 Å². The molecule has 3 rings (SSSR count). The molecular weight excluding hydrogens is 230 g/mol. The van der Waals surface area contributed by atoms with Gasteiger partial charge in [0, 0.05) is 18.5 Å². The number of hydrogen-bond acceptors (Lipinski definition) is 3. The van der Waals surface area contributed by atoms with Crippen LogP contribution in [0.15, 0.2) is 34.7 Å². The summed E-state index contributed by atoms with van der Waals surface area (Å²) in [6, 6.07) is 9.32. The number of β-amino-alcohol motifs (C(OH)–C–C–N with tert-alkyl or cyclic N) is 1. The normalized spacial score (nSPS) is 20.3. The number of carbonyl (C=O) groups is 1. The van der Waals surface area contributed by atoms with E-state index in [1.54, 1.807) is 11.0 Å². The van der Waals surface area contributed by atoms with Crippen LogP contribution in [0, 0.1) is 0 Å². The standard InChI is InChI=1S/C14H15NO3/c16-11-5-3-7-15(9-11)14(17)13-8-10-4-1-2-6-12(10)18-13/h1-2,4,6,8,11,16H,3,5,7,9H2/t11-/m0/s1. The zero-order valence-corrected chi connectivity index (χ0v) is 10.0. The summed E-state index contributed by atoms with van der Waals surface area (Å²) in [6.45, 7) is 1.09. The molecule has 0 unspecified atom stereocenters. The van der Waals surface area contributed by atoms with E-state index in [4.69, 9.17) is 4.42 Å². The van der Waals surface area contributed by atoms with Gasteiger partial charge in [-0.15, -0.1) is 0 Å². The topological polar surface area (TPSA) is 53.7 Å². The number of para-hydroxylation sites is 1. The summed E-state index contributed by atoms with van der Waals surface area (Å²) in [5.74, 6) is 0.218. The van der Waals surface area contributed by atoms with Gasteiger partial charge in [-0.25, -0.2) is 0 Å². The molecule has 1 aliphatic rings. The van der Waals surface area contributed by atoms with Crippen LogP contribution in [0.4, 0.5) is 0 Å². The molecule has 0 bridgehead atoms. The van der Waals surface area contributed by atoms with E-state index in [2.05, 4.69) is 0 Å². The number of fused-ring (bicyclic) bond motifs is 1. The summed E-state index contributed by atoms with van der Waals surface area (Å²) in [6.07, 6.45) is 1.20.